The van der Waals surface area contributed by atoms with E-state index in [9.17, 15) is 18.0 Å². The molecule has 0 saturated heterocycles. The van der Waals surface area contributed by atoms with Gasteiger partial charge in [0.2, 0.25) is 0 Å². The molecule has 1 atom stereocenters. The molecule has 1 heterocycles. The first-order chi connectivity index (χ1) is 14.7. The number of nitrogens with one attached hydrogen (secondary N) is 1. The van der Waals surface area contributed by atoms with Crippen LogP contribution in [0.15, 0.2) is 48.7 Å². The van der Waals surface area contributed by atoms with E-state index >= 15 is 0 Å². The average molecular weight is 430 g/mol. The van der Waals surface area contributed by atoms with Gasteiger partial charge in [0.1, 0.15) is 17.5 Å². The highest BCUT2D eigenvalue weighted by Gasteiger charge is 2.25. The Bertz CT molecular complexity index is 1040. The zero-order valence-electron chi connectivity index (χ0n) is 17.9. The number of carbonyl (C=O) groups excluding carboxylic acids is 1. The van der Waals surface area contributed by atoms with Crippen LogP contribution in [-0.4, -0.2) is 41.2 Å². The fourth-order valence-corrected chi connectivity index (χ4v) is 3.53. The van der Waals surface area contributed by atoms with Gasteiger partial charge in [-0.2, -0.15) is 5.10 Å². The molecule has 8 heteroatoms. The predicted molar refractivity (Wildman–Crippen MR) is 113 cm³/mol. The highest BCUT2D eigenvalue weighted by atomic mass is 19.1. The van der Waals surface area contributed by atoms with E-state index in [2.05, 4.69) is 10.4 Å². The lowest BCUT2D eigenvalue weighted by atomic mass is 10.0. The Balaban J connectivity index is 1.87. The second-order valence-corrected chi connectivity index (χ2v) is 7.81. The lowest BCUT2D eigenvalue weighted by Crippen LogP contribution is -2.35. The molecule has 0 aliphatic carbocycles. The molecule has 1 amide bonds. The van der Waals surface area contributed by atoms with Crippen LogP contribution in [-0.2, 0) is 0 Å². The molecule has 1 N–H and O–H groups in total. The number of carbonyl (C=O) groups is 1. The largest absolute Gasteiger partial charge is 0.350 e. The number of rotatable bonds is 7. The van der Waals surface area contributed by atoms with Gasteiger partial charge in [0, 0.05) is 12.1 Å². The molecule has 0 saturated carbocycles. The van der Waals surface area contributed by atoms with Gasteiger partial charge in [0.15, 0.2) is 0 Å². The van der Waals surface area contributed by atoms with E-state index in [1.54, 1.807) is 35.8 Å². The fourth-order valence-electron chi connectivity index (χ4n) is 3.53. The maximum Gasteiger partial charge on any atom is 0.254 e. The van der Waals surface area contributed by atoms with Gasteiger partial charge in [0.05, 0.1) is 29.2 Å². The second kappa shape index (κ2) is 9.34. The molecule has 0 aliphatic rings. The van der Waals surface area contributed by atoms with Gasteiger partial charge in [-0.15, -0.1) is 0 Å². The van der Waals surface area contributed by atoms with Crippen molar-refractivity contribution in [2.24, 2.45) is 0 Å². The summed E-state index contributed by atoms with van der Waals surface area (Å²) in [6.45, 7) is 3.85. The van der Waals surface area contributed by atoms with Crippen molar-refractivity contribution in [3.63, 3.8) is 0 Å². The van der Waals surface area contributed by atoms with Gasteiger partial charge in [-0.05, 0) is 56.4 Å². The SMILES string of the molecule is CC(C)c1c(C(=O)NCC(c2c(F)cccc2F)N(C)C)cnn1-c1ccc(F)cc1. The summed E-state index contributed by atoms with van der Waals surface area (Å²) in [5.74, 6) is -2.16. The second-order valence-electron chi connectivity index (χ2n) is 7.81. The molecular weight excluding hydrogens is 405 g/mol. The number of nitrogens with zero attached hydrogens (tertiary/aromatic N) is 3. The molecule has 3 aromatic rings. The van der Waals surface area contributed by atoms with Crippen LogP contribution >= 0.6 is 0 Å². The highest BCUT2D eigenvalue weighted by molar-refractivity contribution is 5.95. The molecule has 0 bridgehead atoms. The standard InChI is InChI=1S/C23H25F3N4O/c1-14(2)22-17(12-28-30(22)16-10-8-15(24)9-11-16)23(31)27-13-20(29(3)4)21-18(25)6-5-7-19(21)26/h5-12,14,20H,13H2,1-4H3,(H,27,31). The first-order valence-corrected chi connectivity index (χ1v) is 9.93. The lowest BCUT2D eigenvalue weighted by Gasteiger charge is -2.26. The lowest BCUT2D eigenvalue weighted by molar-refractivity contribution is 0.0939. The van der Waals surface area contributed by atoms with Crippen LogP contribution in [0.3, 0.4) is 0 Å². The molecule has 164 valence electrons. The van der Waals surface area contributed by atoms with E-state index in [4.69, 9.17) is 0 Å². The maximum absolute atomic E-state index is 14.3. The molecule has 0 radical (unpaired) electrons. The minimum atomic E-state index is -0.695. The van der Waals surface area contributed by atoms with E-state index < -0.39 is 23.6 Å². The van der Waals surface area contributed by atoms with E-state index in [0.29, 0.717) is 16.9 Å². The number of halogens is 3. The van der Waals surface area contributed by atoms with Crippen LogP contribution in [0, 0.1) is 17.5 Å². The number of likely N-dealkylation sites (N-methyl/N-ethyl adjacent to an activating group) is 1. The summed E-state index contributed by atoms with van der Waals surface area (Å²) >= 11 is 0. The Hall–Kier alpha value is -3.13. The first-order valence-electron chi connectivity index (χ1n) is 9.93. The smallest absolute Gasteiger partial charge is 0.254 e. The Kier molecular flexibility index (Phi) is 6.80. The Labute approximate surface area is 179 Å². The van der Waals surface area contributed by atoms with Gasteiger partial charge in [0.25, 0.3) is 5.91 Å². The summed E-state index contributed by atoms with van der Waals surface area (Å²) in [5.41, 5.74) is 1.54. The molecule has 0 spiro atoms. The number of hydrogen-bond acceptors (Lipinski definition) is 3. The van der Waals surface area contributed by atoms with E-state index in [-0.39, 0.29) is 23.8 Å². The third kappa shape index (κ3) is 4.80. The molecule has 3 rings (SSSR count). The van der Waals surface area contributed by atoms with Gasteiger partial charge in [-0.25, -0.2) is 17.9 Å². The van der Waals surface area contributed by atoms with Gasteiger partial charge >= 0.3 is 0 Å². The number of hydrogen-bond donors (Lipinski definition) is 1. The molecule has 5 nitrogen and oxygen atoms in total. The Morgan fingerprint density at radius 2 is 1.68 bits per heavy atom. The Morgan fingerprint density at radius 1 is 1.06 bits per heavy atom. The highest BCUT2D eigenvalue weighted by Crippen LogP contribution is 2.26. The minimum absolute atomic E-state index is 0.00293. The summed E-state index contributed by atoms with van der Waals surface area (Å²) in [4.78, 5) is 14.6. The fraction of sp³-hybridized carbons (Fsp3) is 0.304. The van der Waals surface area contributed by atoms with Crippen molar-refractivity contribution < 1.29 is 18.0 Å². The van der Waals surface area contributed by atoms with Crippen LogP contribution in [0.5, 0.6) is 0 Å². The number of benzene rings is 2. The molecule has 0 fully saturated rings. The summed E-state index contributed by atoms with van der Waals surface area (Å²) in [7, 11) is 3.38. The normalized spacial score (nSPS) is 12.4. The molecular formula is C23H25F3N4O. The molecule has 1 unspecified atom stereocenters. The van der Waals surface area contributed by atoms with Gasteiger partial charge < -0.3 is 10.2 Å². The van der Waals surface area contributed by atoms with Crippen molar-refractivity contribution in [1.82, 2.24) is 20.0 Å². The van der Waals surface area contributed by atoms with Gasteiger partial charge in [-0.3, -0.25) is 4.79 Å². The van der Waals surface area contributed by atoms with Crippen molar-refractivity contribution in [2.75, 3.05) is 20.6 Å². The summed E-state index contributed by atoms with van der Waals surface area (Å²) in [6.07, 6.45) is 1.45. The third-order valence-electron chi connectivity index (χ3n) is 5.08. The minimum Gasteiger partial charge on any atom is -0.350 e. The van der Waals surface area contributed by atoms with E-state index in [1.807, 2.05) is 13.8 Å². The summed E-state index contributed by atoms with van der Waals surface area (Å²) in [5, 5.41) is 7.09. The number of amides is 1. The molecule has 1 aromatic heterocycles. The molecule has 31 heavy (non-hydrogen) atoms. The van der Waals surface area contributed by atoms with E-state index in [0.717, 1.165) is 0 Å². The van der Waals surface area contributed by atoms with Crippen molar-refractivity contribution in [2.45, 2.75) is 25.8 Å². The first kappa shape index (κ1) is 22.6. The van der Waals surface area contributed by atoms with Crippen molar-refractivity contribution in [3.8, 4) is 5.69 Å². The maximum atomic E-state index is 14.3. The summed E-state index contributed by atoms with van der Waals surface area (Å²) < 4.78 is 43.4. The molecule has 0 aliphatic heterocycles. The zero-order valence-corrected chi connectivity index (χ0v) is 17.9. The van der Waals surface area contributed by atoms with Crippen molar-refractivity contribution >= 4 is 5.91 Å². The van der Waals surface area contributed by atoms with Crippen molar-refractivity contribution in [3.05, 3.63) is 82.9 Å². The number of aromatic nitrogens is 2. The van der Waals surface area contributed by atoms with Crippen LogP contribution in [0.2, 0.25) is 0 Å². The van der Waals surface area contributed by atoms with E-state index in [1.165, 1.54) is 36.5 Å². The quantitative estimate of drug-likeness (QED) is 0.603. The summed E-state index contributed by atoms with van der Waals surface area (Å²) in [6, 6.07) is 8.81. The third-order valence-corrected chi connectivity index (χ3v) is 5.08. The van der Waals surface area contributed by atoms with Crippen LogP contribution in [0.1, 0.15) is 47.4 Å². The van der Waals surface area contributed by atoms with Crippen LogP contribution < -0.4 is 5.32 Å². The van der Waals surface area contributed by atoms with Crippen LogP contribution in [0.25, 0.3) is 5.69 Å². The van der Waals surface area contributed by atoms with Crippen LogP contribution in [0.4, 0.5) is 13.2 Å². The van der Waals surface area contributed by atoms with Gasteiger partial charge in [-0.1, -0.05) is 19.9 Å². The Morgan fingerprint density at radius 3 is 2.23 bits per heavy atom. The zero-order chi connectivity index (χ0) is 22.7. The topological polar surface area (TPSA) is 50.2 Å². The molecule has 2 aromatic carbocycles. The predicted octanol–water partition coefficient (Wildman–Crippen LogP) is 4.45. The van der Waals surface area contributed by atoms with Crippen molar-refractivity contribution in [1.29, 1.82) is 0 Å². The monoisotopic (exact) mass is 430 g/mol. The average Bonchev–Trinajstić information content (AvgIpc) is 3.15.